The Bertz CT molecular complexity index is 406. The van der Waals surface area contributed by atoms with Crippen molar-refractivity contribution in [2.24, 2.45) is 0 Å². The highest BCUT2D eigenvalue weighted by atomic mass is 19.4. The number of aliphatic hydroxyl groups is 1. The average molecular weight is 261 g/mol. The minimum absolute atomic E-state index is 0.132. The second-order valence-corrected chi connectivity index (χ2v) is 2.82. The highest BCUT2D eigenvalue weighted by molar-refractivity contribution is 5.28. The van der Waals surface area contributed by atoms with Gasteiger partial charge in [-0.1, -0.05) is 0 Å². The predicted molar refractivity (Wildman–Crippen MR) is 41.8 cm³/mol. The Morgan fingerprint density at radius 2 is 1.94 bits per heavy atom. The fraction of sp³-hybridized carbons (Fsp3) is 0.375. The predicted octanol–water partition coefficient (Wildman–Crippen LogP) is 2.55. The molecule has 1 aromatic heterocycles. The number of aliphatic hydroxyl groups excluding tert-OH is 1. The van der Waals surface area contributed by atoms with E-state index < -0.39 is 42.3 Å². The SMILES string of the molecule is OCc1nc(OC(F)(F)F)cc(C(F)F)c1F. The van der Waals surface area contributed by atoms with E-state index in [0.29, 0.717) is 0 Å². The molecule has 9 heteroatoms. The number of hydrogen-bond donors (Lipinski definition) is 1. The number of ether oxygens (including phenoxy) is 1. The molecule has 0 saturated heterocycles. The average Bonchev–Trinajstić information content (AvgIpc) is 2.17. The summed E-state index contributed by atoms with van der Waals surface area (Å²) < 4.78 is 76.3. The standard InChI is InChI=1S/C8H5F6NO2/c9-6-3(7(10)11)1-5(15-4(6)2-16)17-8(12,13)14/h1,7,16H,2H2. The Labute approximate surface area is 90.6 Å². The highest BCUT2D eigenvalue weighted by Crippen LogP contribution is 2.29. The summed E-state index contributed by atoms with van der Waals surface area (Å²) in [5, 5.41) is 8.56. The van der Waals surface area contributed by atoms with Gasteiger partial charge in [-0.2, -0.15) is 0 Å². The molecule has 0 spiro atoms. The summed E-state index contributed by atoms with van der Waals surface area (Å²) in [6.07, 6.45) is -8.49. The van der Waals surface area contributed by atoms with E-state index in [1.54, 1.807) is 0 Å². The van der Waals surface area contributed by atoms with Gasteiger partial charge in [-0.05, 0) is 0 Å². The largest absolute Gasteiger partial charge is 0.574 e. The minimum Gasteiger partial charge on any atom is -0.390 e. The first-order chi connectivity index (χ1) is 7.74. The van der Waals surface area contributed by atoms with Gasteiger partial charge in [-0.15, -0.1) is 13.2 Å². The van der Waals surface area contributed by atoms with Gasteiger partial charge in [0.25, 0.3) is 6.43 Å². The van der Waals surface area contributed by atoms with Crippen molar-refractivity contribution in [3.8, 4) is 5.88 Å². The van der Waals surface area contributed by atoms with Gasteiger partial charge < -0.3 is 9.84 Å². The first-order valence-electron chi connectivity index (χ1n) is 4.08. The van der Waals surface area contributed by atoms with Crippen molar-refractivity contribution in [1.82, 2.24) is 4.98 Å². The first-order valence-corrected chi connectivity index (χ1v) is 4.08. The van der Waals surface area contributed by atoms with Crippen LogP contribution in [0.4, 0.5) is 26.3 Å². The molecule has 96 valence electrons. The van der Waals surface area contributed by atoms with Crippen LogP contribution in [-0.4, -0.2) is 16.5 Å². The summed E-state index contributed by atoms with van der Waals surface area (Å²) in [6, 6.07) is 0.132. The molecule has 1 N–H and O–H groups in total. The third kappa shape index (κ3) is 3.48. The molecule has 0 bridgehead atoms. The number of nitrogens with zero attached hydrogens (tertiary/aromatic N) is 1. The molecule has 0 saturated carbocycles. The van der Waals surface area contributed by atoms with Crippen LogP contribution in [0.1, 0.15) is 17.7 Å². The van der Waals surface area contributed by atoms with E-state index in [1.807, 2.05) is 0 Å². The highest BCUT2D eigenvalue weighted by Gasteiger charge is 2.33. The van der Waals surface area contributed by atoms with Crippen molar-refractivity contribution in [2.45, 2.75) is 19.4 Å². The molecule has 0 radical (unpaired) electrons. The second-order valence-electron chi connectivity index (χ2n) is 2.82. The summed E-state index contributed by atoms with van der Waals surface area (Å²) in [5.41, 5.74) is -2.26. The van der Waals surface area contributed by atoms with Crippen LogP contribution in [0.5, 0.6) is 5.88 Å². The Morgan fingerprint density at radius 1 is 1.35 bits per heavy atom. The van der Waals surface area contributed by atoms with Crippen LogP contribution in [0.2, 0.25) is 0 Å². The van der Waals surface area contributed by atoms with Gasteiger partial charge in [0.05, 0.1) is 12.2 Å². The molecule has 0 atom stereocenters. The fourth-order valence-electron chi connectivity index (χ4n) is 1.01. The molecule has 3 nitrogen and oxygen atoms in total. The van der Waals surface area contributed by atoms with Gasteiger partial charge in [0.1, 0.15) is 5.69 Å². The zero-order chi connectivity index (χ0) is 13.2. The zero-order valence-corrected chi connectivity index (χ0v) is 7.93. The van der Waals surface area contributed by atoms with E-state index in [4.69, 9.17) is 5.11 Å². The lowest BCUT2D eigenvalue weighted by molar-refractivity contribution is -0.276. The van der Waals surface area contributed by atoms with Crippen molar-refractivity contribution in [1.29, 1.82) is 0 Å². The summed E-state index contributed by atoms with van der Waals surface area (Å²) >= 11 is 0. The van der Waals surface area contributed by atoms with Crippen molar-refractivity contribution in [3.05, 3.63) is 23.1 Å². The van der Waals surface area contributed by atoms with Gasteiger partial charge in [0, 0.05) is 6.07 Å². The van der Waals surface area contributed by atoms with Gasteiger partial charge in [-0.3, -0.25) is 0 Å². The Balaban J connectivity index is 3.21. The third-order valence-corrected chi connectivity index (χ3v) is 1.64. The molecule has 0 amide bonds. The van der Waals surface area contributed by atoms with Crippen LogP contribution in [-0.2, 0) is 6.61 Å². The molecule has 17 heavy (non-hydrogen) atoms. The van der Waals surface area contributed by atoms with Gasteiger partial charge in [0.2, 0.25) is 5.88 Å². The smallest absolute Gasteiger partial charge is 0.390 e. The van der Waals surface area contributed by atoms with Gasteiger partial charge in [-0.25, -0.2) is 18.2 Å². The molecule has 0 fully saturated rings. The number of hydrogen-bond acceptors (Lipinski definition) is 3. The molecule has 0 aliphatic heterocycles. The number of aromatic nitrogens is 1. The fourth-order valence-corrected chi connectivity index (χ4v) is 1.01. The van der Waals surface area contributed by atoms with Crippen molar-refractivity contribution in [2.75, 3.05) is 0 Å². The monoisotopic (exact) mass is 261 g/mol. The molecule has 1 rings (SSSR count). The van der Waals surface area contributed by atoms with Crippen LogP contribution in [0.3, 0.4) is 0 Å². The Hall–Kier alpha value is -1.51. The molecule has 1 aromatic rings. The maximum Gasteiger partial charge on any atom is 0.574 e. The van der Waals surface area contributed by atoms with Crippen molar-refractivity contribution < 1.29 is 36.2 Å². The zero-order valence-electron chi connectivity index (χ0n) is 7.93. The maximum atomic E-state index is 13.1. The van der Waals surface area contributed by atoms with Gasteiger partial charge >= 0.3 is 6.36 Å². The topological polar surface area (TPSA) is 42.4 Å². The number of pyridine rings is 1. The lowest BCUT2D eigenvalue weighted by atomic mass is 10.2. The lowest BCUT2D eigenvalue weighted by Crippen LogP contribution is -2.19. The van der Waals surface area contributed by atoms with Crippen LogP contribution in [0.15, 0.2) is 6.07 Å². The Morgan fingerprint density at radius 3 is 2.35 bits per heavy atom. The van der Waals surface area contributed by atoms with E-state index >= 15 is 0 Å². The van der Waals surface area contributed by atoms with E-state index in [0.717, 1.165) is 0 Å². The molecule has 0 aromatic carbocycles. The van der Waals surface area contributed by atoms with Crippen LogP contribution in [0, 0.1) is 5.82 Å². The second kappa shape index (κ2) is 4.78. The molecule has 0 unspecified atom stereocenters. The molecule has 0 aliphatic rings. The van der Waals surface area contributed by atoms with Gasteiger partial charge in [0.15, 0.2) is 5.82 Å². The van der Waals surface area contributed by atoms with E-state index in [1.165, 1.54) is 0 Å². The summed E-state index contributed by atoms with van der Waals surface area (Å²) in [7, 11) is 0. The summed E-state index contributed by atoms with van der Waals surface area (Å²) in [4.78, 5) is 2.92. The summed E-state index contributed by atoms with van der Waals surface area (Å²) in [6.45, 7) is -1.12. The molecular formula is C8H5F6NO2. The first kappa shape index (κ1) is 13.6. The maximum absolute atomic E-state index is 13.1. The van der Waals surface area contributed by atoms with E-state index in [2.05, 4.69) is 9.72 Å². The van der Waals surface area contributed by atoms with Crippen molar-refractivity contribution >= 4 is 0 Å². The van der Waals surface area contributed by atoms with Crippen LogP contribution < -0.4 is 4.74 Å². The number of rotatable bonds is 3. The summed E-state index contributed by atoms with van der Waals surface area (Å²) in [5.74, 6) is -2.81. The third-order valence-electron chi connectivity index (χ3n) is 1.64. The minimum atomic E-state index is -5.14. The molecule has 1 heterocycles. The van der Waals surface area contributed by atoms with E-state index in [-0.39, 0.29) is 6.07 Å². The number of alkyl halides is 5. The Kier molecular flexibility index (Phi) is 3.81. The lowest BCUT2D eigenvalue weighted by Gasteiger charge is -2.11. The van der Waals surface area contributed by atoms with E-state index in [9.17, 15) is 26.3 Å². The molecule has 0 aliphatic carbocycles. The normalized spacial score (nSPS) is 12.0. The number of halogens is 6. The van der Waals surface area contributed by atoms with Crippen LogP contribution in [0.25, 0.3) is 0 Å². The van der Waals surface area contributed by atoms with Crippen LogP contribution >= 0.6 is 0 Å². The van der Waals surface area contributed by atoms with Crippen molar-refractivity contribution in [3.63, 3.8) is 0 Å². The quantitative estimate of drug-likeness (QED) is 0.850. The molecular weight excluding hydrogens is 256 g/mol.